The quantitative estimate of drug-likeness (QED) is 0.503. The highest BCUT2D eigenvalue weighted by Gasteiger charge is 2.32. The van der Waals surface area contributed by atoms with E-state index in [4.69, 9.17) is 36.1 Å². The van der Waals surface area contributed by atoms with Crippen LogP contribution in [0.15, 0.2) is 24.3 Å². The third-order valence-corrected chi connectivity index (χ3v) is 7.92. The van der Waals surface area contributed by atoms with Gasteiger partial charge in [-0.3, -0.25) is 5.32 Å². The number of fused-ring (bicyclic) bond motifs is 1. The Morgan fingerprint density at radius 1 is 1.14 bits per heavy atom. The lowest BCUT2D eigenvalue weighted by atomic mass is 9.83. The highest BCUT2D eigenvalue weighted by atomic mass is 35.5. The number of carbonyl (C=O) groups is 1. The second-order valence-corrected chi connectivity index (χ2v) is 10.9. The molecule has 3 fully saturated rings. The highest BCUT2D eigenvalue weighted by molar-refractivity contribution is 6.30. The summed E-state index contributed by atoms with van der Waals surface area (Å²) < 4.78 is 8.04. The van der Waals surface area contributed by atoms with Crippen molar-refractivity contribution >= 4 is 34.8 Å². The molecule has 196 valence electrons. The smallest absolute Gasteiger partial charge is 0.377 e. The van der Waals surface area contributed by atoms with E-state index in [-0.39, 0.29) is 6.04 Å². The second kappa shape index (κ2) is 10.1. The lowest BCUT2D eigenvalue weighted by Crippen LogP contribution is -2.45. The second-order valence-electron chi connectivity index (χ2n) is 10.5. The molecule has 3 aliphatic rings. The van der Waals surface area contributed by atoms with E-state index in [0.29, 0.717) is 35.6 Å². The minimum absolute atomic E-state index is 0.182. The maximum absolute atomic E-state index is 11.7. The predicted molar refractivity (Wildman–Crippen MR) is 140 cm³/mol. The van der Waals surface area contributed by atoms with Gasteiger partial charge in [0.2, 0.25) is 5.95 Å². The Hall–Kier alpha value is -2.95. The molecule has 2 N–H and O–H groups in total. The van der Waals surface area contributed by atoms with Crippen LogP contribution in [0.1, 0.15) is 51.5 Å². The number of halogens is 1. The lowest BCUT2D eigenvalue weighted by Gasteiger charge is -2.35. The van der Waals surface area contributed by atoms with Crippen LogP contribution in [0.3, 0.4) is 0 Å². The summed E-state index contributed by atoms with van der Waals surface area (Å²) in [5, 5.41) is 3.32. The summed E-state index contributed by atoms with van der Waals surface area (Å²) in [7, 11) is 0. The number of morpholine rings is 1. The van der Waals surface area contributed by atoms with Crippen LogP contribution in [0.4, 0.5) is 10.7 Å². The molecule has 0 bridgehead atoms. The van der Waals surface area contributed by atoms with Gasteiger partial charge in [-0.2, -0.15) is 4.98 Å². The van der Waals surface area contributed by atoms with Crippen LogP contribution < -0.4 is 15.7 Å². The summed E-state index contributed by atoms with van der Waals surface area (Å²) in [5.74, 6) is 2.60. The number of nitrogens with one attached hydrogen (secondary N) is 2. The van der Waals surface area contributed by atoms with Gasteiger partial charge in [0.15, 0.2) is 17.6 Å². The molecular formula is C26H32ClN7O3. The first-order valence-electron chi connectivity index (χ1n) is 13.1. The summed E-state index contributed by atoms with van der Waals surface area (Å²) in [6, 6.07) is 7.84. The molecule has 2 aromatic heterocycles. The number of imidazole rings is 1. The number of benzene rings is 1. The fraction of sp³-hybridized carbons (Fsp3) is 0.538. The number of carbonyl (C=O) groups excluding carboxylic acids is 1. The minimum atomic E-state index is -0.675. The van der Waals surface area contributed by atoms with Gasteiger partial charge < -0.3 is 19.0 Å². The lowest BCUT2D eigenvalue weighted by molar-refractivity contribution is 0.0976. The molecule has 0 radical (unpaired) electrons. The Labute approximate surface area is 220 Å². The Morgan fingerprint density at radius 3 is 2.70 bits per heavy atom. The van der Waals surface area contributed by atoms with E-state index in [9.17, 15) is 4.79 Å². The Kier molecular flexibility index (Phi) is 6.64. The molecule has 2 saturated heterocycles. The fourth-order valence-corrected chi connectivity index (χ4v) is 5.79. The summed E-state index contributed by atoms with van der Waals surface area (Å²) in [6.07, 6.45) is 3.63. The van der Waals surface area contributed by atoms with E-state index in [1.54, 1.807) is 0 Å². The van der Waals surface area contributed by atoms with Crippen LogP contribution in [0, 0.1) is 11.8 Å². The van der Waals surface area contributed by atoms with Gasteiger partial charge in [0.25, 0.3) is 0 Å². The molecule has 6 rings (SSSR count). The first-order valence-corrected chi connectivity index (χ1v) is 13.5. The third-order valence-electron chi connectivity index (χ3n) is 7.69. The molecule has 2 aliphatic heterocycles. The molecule has 1 saturated carbocycles. The van der Waals surface area contributed by atoms with Gasteiger partial charge in [0.1, 0.15) is 11.2 Å². The zero-order valence-electron chi connectivity index (χ0n) is 21.1. The molecule has 10 nitrogen and oxygen atoms in total. The molecule has 4 heterocycles. The van der Waals surface area contributed by atoms with Crippen LogP contribution in [-0.2, 0) is 16.1 Å². The van der Waals surface area contributed by atoms with Crippen LogP contribution in [0.2, 0.25) is 5.02 Å². The van der Waals surface area contributed by atoms with Crippen LogP contribution >= 0.6 is 11.6 Å². The van der Waals surface area contributed by atoms with Crippen molar-refractivity contribution in [1.29, 1.82) is 0 Å². The number of anilines is 1. The summed E-state index contributed by atoms with van der Waals surface area (Å²) in [4.78, 5) is 33.8. The third kappa shape index (κ3) is 4.85. The van der Waals surface area contributed by atoms with Crippen molar-refractivity contribution in [2.75, 3.05) is 24.7 Å². The van der Waals surface area contributed by atoms with Gasteiger partial charge in [0, 0.05) is 23.7 Å². The number of nitrogens with zero attached hydrogens (tertiary/aromatic N) is 5. The summed E-state index contributed by atoms with van der Waals surface area (Å²) in [5.41, 5.74) is 5.73. The van der Waals surface area contributed by atoms with Crippen molar-refractivity contribution in [2.45, 2.75) is 58.3 Å². The number of hydrogen-bond donors (Lipinski definition) is 2. The van der Waals surface area contributed by atoms with Crippen LogP contribution in [0.25, 0.3) is 22.4 Å². The normalized spacial score (nSPS) is 26.4. The van der Waals surface area contributed by atoms with Crippen LogP contribution in [-0.4, -0.2) is 51.4 Å². The molecule has 0 spiro atoms. The van der Waals surface area contributed by atoms with Gasteiger partial charge >= 0.3 is 6.09 Å². The molecule has 2 atom stereocenters. The Balaban J connectivity index is 1.54. The molecule has 1 unspecified atom stereocenters. The van der Waals surface area contributed by atoms with Gasteiger partial charge in [0.05, 0.1) is 19.3 Å². The monoisotopic (exact) mass is 525 g/mol. The summed E-state index contributed by atoms with van der Waals surface area (Å²) in [6.45, 7) is 7.41. The number of ether oxygens (including phenoxy) is 1. The van der Waals surface area contributed by atoms with E-state index in [0.717, 1.165) is 41.7 Å². The number of amides is 1. The average molecular weight is 526 g/mol. The van der Waals surface area contributed by atoms with E-state index < -0.39 is 12.3 Å². The predicted octanol–water partition coefficient (Wildman–Crippen LogP) is 4.44. The van der Waals surface area contributed by atoms with Gasteiger partial charge in [-0.15, -0.1) is 5.48 Å². The van der Waals surface area contributed by atoms with Gasteiger partial charge in [-0.25, -0.2) is 14.8 Å². The van der Waals surface area contributed by atoms with Crippen LogP contribution in [0.5, 0.6) is 0 Å². The van der Waals surface area contributed by atoms with E-state index in [2.05, 4.69) is 34.1 Å². The zero-order chi connectivity index (χ0) is 25.5. The molecule has 1 amide bonds. The van der Waals surface area contributed by atoms with E-state index >= 15 is 0 Å². The van der Waals surface area contributed by atoms with Crippen molar-refractivity contribution in [1.82, 2.24) is 30.3 Å². The minimum Gasteiger partial charge on any atom is -0.377 e. The van der Waals surface area contributed by atoms with Crippen molar-refractivity contribution in [3.63, 3.8) is 0 Å². The molecule has 37 heavy (non-hydrogen) atoms. The van der Waals surface area contributed by atoms with Gasteiger partial charge in [-0.05, 0) is 43.7 Å². The standard InChI is InChI=1S/C26H32ClN7O3/c1-15-6-8-17(9-7-15)13-34-21-20(18-4-3-5-19(27)12-18)28-23(24-31-26(35)37-32-24)29-22(21)30-25(34)33-10-11-36-14-16(33)2/h3-5,12,15-17,24,32H,6-11,13-14H2,1-2H3,(H,31,35)/t15?,16-,17?,24?/m1/s1. The SMILES string of the molecule is CC1CCC(Cn2c(N3CCOC[C@H]3C)nc3nc(C4NOC(=O)N4)nc(-c4cccc(Cl)c4)c32)CC1. The fourth-order valence-electron chi connectivity index (χ4n) is 5.60. The first-order chi connectivity index (χ1) is 18.0. The van der Waals surface area contributed by atoms with Crippen molar-refractivity contribution in [3.8, 4) is 11.3 Å². The van der Waals surface area contributed by atoms with Gasteiger partial charge in [-0.1, -0.05) is 43.5 Å². The van der Waals surface area contributed by atoms with E-state index in [1.807, 2.05) is 24.3 Å². The number of hydrogen-bond acceptors (Lipinski definition) is 8. The van der Waals surface area contributed by atoms with Crippen molar-refractivity contribution < 1.29 is 14.4 Å². The van der Waals surface area contributed by atoms with Crippen molar-refractivity contribution in [3.05, 3.63) is 35.1 Å². The Morgan fingerprint density at radius 2 is 1.97 bits per heavy atom. The number of hydroxylamine groups is 1. The zero-order valence-corrected chi connectivity index (χ0v) is 21.9. The average Bonchev–Trinajstić information content (AvgIpc) is 3.49. The van der Waals surface area contributed by atoms with E-state index in [1.165, 1.54) is 25.7 Å². The Bertz CT molecular complexity index is 1310. The summed E-state index contributed by atoms with van der Waals surface area (Å²) >= 11 is 6.41. The molecular weight excluding hydrogens is 494 g/mol. The maximum atomic E-state index is 11.7. The molecule has 11 heteroatoms. The molecule has 1 aromatic carbocycles. The first kappa shape index (κ1) is 24.4. The van der Waals surface area contributed by atoms with Crippen molar-refractivity contribution in [2.24, 2.45) is 11.8 Å². The molecule has 3 aromatic rings. The number of aromatic nitrogens is 4. The number of rotatable bonds is 5. The topological polar surface area (TPSA) is 106 Å². The highest BCUT2D eigenvalue weighted by Crippen LogP contribution is 2.36. The molecule has 1 aliphatic carbocycles. The maximum Gasteiger partial charge on any atom is 0.427 e. The largest absolute Gasteiger partial charge is 0.427 e.